The first-order valence-electron chi connectivity index (χ1n) is 5.67. The Bertz CT molecular complexity index is 697. The van der Waals surface area contributed by atoms with E-state index < -0.39 is 11.9 Å². The van der Waals surface area contributed by atoms with Gasteiger partial charge in [0.2, 0.25) is 5.91 Å². The Labute approximate surface area is 117 Å². The number of aromatic amines is 1. The van der Waals surface area contributed by atoms with Gasteiger partial charge in [0.05, 0.1) is 11.3 Å². The van der Waals surface area contributed by atoms with Crippen molar-refractivity contribution in [1.29, 1.82) is 0 Å². The van der Waals surface area contributed by atoms with Crippen molar-refractivity contribution >= 4 is 29.2 Å². The third-order valence-corrected chi connectivity index (χ3v) is 2.37. The van der Waals surface area contributed by atoms with Gasteiger partial charge < -0.3 is 15.7 Å². The van der Waals surface area contributed by atoms with Crippen LogP contribution in [0.5, 0.6) is 0 Å². The average molecular weight is 290 g/mol. The number of tetrazole rings is 1. The second-order valence-electron chi connectivity index (χ2n) is 3.94. The molecule has 0 fully saturated rings. The van der Waals surface area contributed by atoms with Crippen LogP contribution in [0.15, 0.2) is 18.2 Å². The number of hydrogen-bond donors (Lipinski definition) is 4. The number of amides is 2. The van der Waals surface area contributed by atoms with Crippen molar-refractivity contribution in [3.63, 3.8) is 0 Å². The molecular weight excluding hydrogens is 280 g/mol. The number of hydrogen-bond acceptors (Lipinski definition) is 6. The zero-order valence-electron chi connectivity index (χ0n) is 10.7. The largest absolute Gasteiger partial charge is 0.478 e. The summed E-state index contributed by atoms with van der Waals surface area (Å²) in [5.74, 6) is -2.53. The Morgan fingerprint density at radius 2 is 2.00 bits per heavy atom. The quantitative estimate of drug-likeness (QED) is 0.623. The van der Waals surface area contributed by atoms with Crippen molar-refractivity contribution in [3.05, 3.63) is 29.6 Å². The number of aromatic carboxylic acids is 1. The van der Waals surface area contributed by atoms with Crippen LogP contribution in [0.2, 0.25) is 0 Å². The highest BCUT2D eigenvalue weighted by atomic mass is 16.4. The minimum Gasteiger partial charge on any atom is -0.478 e. The maximum Gasteiger partial charge on any atom is 0.337 e. The Kier molecular flexibility index (Phi) is 3.88. The van der Waals surface area contributed by atoms with Crippen molar-refractivity contribution < 1.29 is 19.5 Å². The summed E-state index contributed by atoms with van der Waals surface area (Å²) >= 11 is 0. The normalized spacial score (nSPS) is 9.95. The van der Waals surface area contributed by atoms with Crippen molar-refractivity contribution in [2.45, 2.75) is 6.92 Å². The zero-order valence-corrected chi connectivity index (χ0v) is 10.7. The van der Waals surface area contributed by atoms with E-state index in [4.69, 9.17) is 5.11 Å². The monoisotopic (exact) mass is 290 g/mol. The summed E-state index contributed by atoms with van der Waals surface area (Å²) in [6, 6.07) is 4.04. The van der Waals surface area contributed by atoms with Crippen LogP contribution in [-0.2, 0) is 4.79 Å². The first kappa shape index (κ1) is 14.1. The zero-order chi connectivity index (χ0) is 15.4. The van der Waals surface area contributed by atoms with Crippen LogP contribution in [-0.4, -0.2) is 43.5 Å². The standard InChI is InChI=1S/C11H10N6O4/c1-5(18)12-6-2-3-8(7(4-6)11(20)21)13-10(19)9-14-16-17-15-9/h2-4H,1H3,(H,12,18)(H,13,19)(H,20,21)(H,14,15,16,17). The number of carbonyl (C=O) groups is 3. The SMILES string of the molecule is CC(=O)Nc1ccc(NC(=O)c2nn[nH]n2)c(C(=O)O)c1. The van der Waals surface area contributed by atoms with Gasteiger partial charge in [-0.15, -0.1) is 10.2 Å². The van der Waals surface area contributed by atoms with E-state index in [0.29, 0.717) is 5.69 Å². The molecule has 4 N–H and O–H groups in total. The Morgan fingerprint density at radius 3 is 2.57 bits per heavy atom. The fraction of sp³-hybridized carbons (Fsp3) is 0.0909. The van der Waals surface area contributed by atoms with E-state index in [2.05, 4.69) is 31.3 Å². The third kappa shape index (κ3) is 3.37. The summed E-state index contributed by atoms with van der Waals surface area (Å²) in [4.78, 5) is 33.9. The van der Waals surface area contributed by atoms with Gasteiger partial charge in [-0.3, -0.25) is 9.59 Å². The molecule has 2 aromatic rings. The lowest BCUT2D eigenvalue weighted by Gasteiger charge is -2.09. The van der Waals surface area contributed by atoms with E-state index in [1.807, 2.05) is 0 Å². The van der Waals surface area contributed by atoms with E-state index in [1.54, 1.807) is 0 Å². The molecule has 108 valence electrons. The van der Waals surface area contributed by atoms with Gasteiger partial charge in [0.1, 0.15) is 0 Å². The maximum atomic E-state index is 11.8. The molecule has 2 rings (SSSR count). The van der Waals surface area contributed by atoms with Gasteiger partial charge in [0.25, 0.3) is 11.7 Å². The summed E-state index contributed by atoms with van der Waals surface area (Å²) < 4.78 is 0. The lowest BCUT2D eigenvalue weighted by Crippen LogP contribution is -2.17. The van der Waals surface area contributed by atoms with Crippen LogP contribution >= 0.6 is 0 Å². The van der Waals surface area contributed by atoms with Crippen LogP contribution in [0.25, 0.3) is 0 Å². The summed E-state index contributed by atoms with van der Waals surface area (Å²) in [6.45, 7) is 1.30. The van der Waals surface area contributed by atoms with Crippen LogP contribution in [0.3, 0.4) is 0 Å². The Hall–Kier alpha value is -3.30. The van der Waals surface area contributed by atoms with E-state index in [1.165, 1.54) is 25.1 Å². The molecule has 1 heterocycles. The van der Waals surface area contributed by atoms with Crippen molar-refractivity contribution in [2.24, 2.45) is 0 Å². The van der Waals surface area contributed by atoms with Gasteiger partial charge in [0.15, 0.2) is 0 Å². The van der Waals surface area contributed by atoms with E-state index in [-0.39, 0.29) is 23.0 Å². The molecule has 0 unspecified atom stereocenters. The van der Waals surface area contributed by atoms with E-state index in [0.717, 1.165) is 0 Å². The maximum absolute atomic E-state index is 11.8. The number of anilines is 2. The summed E-state index contributed by atoms with van der Waals surface area (Å²) in [5.41, 5.74) is 0.168. The Balaban J connectivity index is 2.28. The predicted molar refractivity (Wildman–Crippen MR) is 69.8 cm³/mol. The molecule has 0 spiro atoms. The van der Waals surface area contributed by atoms with Crippen LogP contribution in [0, 0.1) is 0 Å². The number of benzene rings is 1. The molecule has 0 atom stereocenters. The molecule has 21 heavy (non-hydrogen) atoms. The number of aromatic nitrogens is 4. The lowest BCUT2D eigenvalue weighted by atomic mass is 10.1. The van der Waals surface area contributed by atoms with Gasteiger partial charge in [0, 0.05) is 12.6 Å². The molecule has 0 aliphatic rings. The molecule has 10 heteroatoms. The smallest absolute Gasteiger partial charge is 0.337 e. The number of carboxylic acid groups (broad SMARTS) is 1. The number of rotatable bonds is 4. The van der Waals surface area contributed by atoms with Gasteiger partial charge in [-0.2, -0.15) is 5.21 Å². The highest BCUT2D eigenvalue weighted by Gasteiger charge is 2.17. The van der Waals surface area contributed by atoms with Crippen molar-refractivity contribution in [1.82, 2.24) is 20.6 Å². The minimum atomic E-state index is -1.26. The number of nitrogens with zero attached hydrogens (tertiary/aromatic N) is 3. The van der Waals surface area contributed by atoms with Gasteiger partial charge in [-0.25, -0.2) is 4.79 Å². The molecule has 1 aromatic carbocycles. The molecule has 0 saturated carbocycles. The van der Waals surface area contributed by atoms with Crippen LogP contribution < -0.4 is 10.6 Å². The van der Waals surface area contributed by atoms with Gasteiger partial charge >= 0.3 is 5.97 Å². The number of carboxylic acids is 1. The van der Waals surface area contributed by atoms with Gasteiger partial charge in [-0.05, 0) is 23.4 Å². The van der Waals surface area contributed by atoms with Gasteiger partial charge in [-0.1, -0.05) is 0 Å². The molecule has 1 aromatic heterocycles. The minimum absolute atomic E-state index is 0.0476. The Morgan fingerprint density at radius 1 is 1.24 bits per heavy atom. The number of carbonyl (C=O) groups excluding carboxylic acids is 2. The fourth-order valence-electron chi connectivity index (χ4n) is 1.55. The highest BCUT2D eigenvalue weighted by molar-refractivity contribution is 6.06. The van der Waals surface area contributed by atoms with Crippen molar-refractivity contribution in [3.8, 4) is 0 Å². The van der Waals surface area contributed by atoms with Crippen molar-refractivity contribution in [2.75, 3.05) is 10.6 Å². The molecule has 10 nitrogen and oxygen atoms in total. The molecule has 0 saturated heterocycles. The van der Waals surface area contributed by atoms with E-state index >= 15 is 0 Å². The van der Waals surface area contributed by atoms with Crippen LogP contribution in [0.1, 0.15) is 27.9 Å². The average Bonchev–Trinajstić information content (AvgIpc) is 2.93. The predicted octanol–water partition coefficient (Wildman–Crippen LogP) is 0.109. The topological polar surface area (TPSA) is 150 Å². The third-order valence-electron chi connectivity index (χ3n) is 2.37. The van der Waals surface area contributed by atoms with E-state index in [9.17, 15) is 14.4 Å². The summed E-state index contributed by atoms with van der Waals surface area (Å²) in [6.07, 6.45) is 0. The first-order valence-corrected chi connectivity index (χ1v) is 5.67. The summed E-state index contributed by atoms with van der Waals surface area (Å²) in [5, 5.41) is 26.3. The number of H-pyrrole nitrogens is 1. The molecule has 2 amide bonds. The number of nitrogens with one attached hydrogen (secondary N) is 3. The summed E-state index contributed by atoms with van der Waals surface area (Å²) in [7, 11) is 0. The lowest BCUT2D eigenvalue weighted by molar-refractivity contribution is -0.114. The second kappa shape index (κ2) is 5.77. The molecule has 0 bridgehead atoms. The molecule has 0 aliphatic carbocycles. The highest BCUT2D eigenvalue weighted by Crippen LogP contribution is 2.21. The first-order chi connectivity index (χ1) is 9.97. The molecule has 0 aliphatic heterocycles. The fourth-order valence-corrected chi connectivity index (χ4v) is 1.55. The second-order valence-corrected chi connectivity index (χ2v) is 3.94. The van der Waals surface area contributed by atoms with Crippen LogP contribution in [0.4, 0.5) is 11.4 Å². The molecular formula is C11H10N6O4. The molecule has 0 radical (unpaired) electrons.